The molecule has 0 aliphatic carbocycles. The zero-order valence-corrected chi connectivity index (χ0v) is 13.4. The Labute approximate surface area is 121 Å². The molecule has 114 valence electrons. The summed E-state index contributed by atoms with van der Waals surface area (Å²) in [6.07, 6.45) is 0.0941. The molecule has 0 spiro atoms. The number of nitrogens with zero attached hydrogens (tertiary/aromatic N) is 1. The van der Waals surface area contributed by atoms with E-state index in [1.807, 2.05) is 19.9 Å². The van der Waals surface area contributed by atoms with Gasteiger partial charge in [0.2, 0.25) is 10.0 Å². The van der Waals surface area contributed by atoms with Crippen LogP contribution in [0.3, 0.4) is 0 Å². The summed E-state index contributed by atoms with van der Waals surface area (Å²) in [7, 11) is -1.92. The third-order valence-corrected chi connectivity index (χ3v) is 5.04. The molecular weight excluding hydrogens is 276 g/mol. The summed E-state index contributed by atoms with van der Waals surface area (Å²) in [5, 5.41) is 0. The van der Waals surface area contributed by atoms with Crippen molar-refractivity contribution in [3.05, 3.63) is 29.3 Å². The monoisotopic (exact) mass is 300 g/mol. The molecule has 0 amide bonds. The number of hydrogen-bond donors (Lipinski definition) is 1. The van der Waals surface area contributed by atoms with Crippen LogP contribution in [0.15, 0.2) is 23.1 Å². The third-order valence-electron chi connectivity index (χ3n) is 3.02. The fourth-order valence-corrected chi connectivity index (χ4v) is 3.19. The smallest absolute Gasteiger partial charge is 0.243 e. The summed E-state index contributed by atoms with van der Waals surface area (Å²) >= 11 is 0. The van der Waals surface area contributed by atoms with Crippen LogP contribution in [0.4, 0.5) is 0 Å². The van der Waals surface area contributed by atoms with Gasteiger partial charge in [-0.2, -0.15) is 4.31 Å². The number of ether oxygens (including phenoxy) is 1. The molecule has 6 heteroatoms. The maximum absolute atomic E-state index is 12.5. The Balaban J connectivity index is 2.87. The normalized spacial score (nSPS) is 12.3. The maximum Gasteiger partial charge on any atom is 0.243 e. The Kier molecular flexibility index (Phi) is 6.13. The average Bonchev–Trinajstić information content (AvgIpc) is 2.37. The second kappa shape index (κ2) is 7.17. The molecule has 0 aromatic heterocycles. The van der Waals surface area contributed by atoms with Gasteiger partial charge in [-0.3, -0.25) is 0 Å². The van der Waals surface area contributed by atoms with Gasteiger partial charge in [0.1, 0.15) is 0 Å². The van der Waals surface area contributed by atoms with Crippen LogP contribution in [-0.4, -0.2) is 39.0 Å². The van der Waals surface area contributed by atoms with E-state index < -0.39 is 10.0 Å². The molecule has 0 radical (unpaired) electrons. The van der Waals surface area contributed by atoms with E-state index in [0.29, 0.717) is 30.2 Å². The first-order chi connectivity index (χ1) is 9.28. The van der Waals surface area contributed by atoms with Crippen molar-refractivity contribution in [3.63, 3.8) is 0 Å². The minimum absolute atomic E-state index is 0.0941. The summed E-state index contributed by atoms with van der Waals surface area (Å²) in [6, 6.07) is 5.18. The molecule has 0 fully saturated rings. The molecule has 0 heterocycles. The van der Waals surface area contributed by atoms with Crippen LogP contribution in [0, 0.1) is 6.92 Å². The van der Waals surface area contributed by atoms with E-state index in [2.05, 4.69) is 0 Å². The van der Waals surface area contributed by atoms with Gasteiger partial charge in [0.15, 0.2) is 0 Å². The summed E-state index contributed by atoms with van der Waals surface area (Å²) in [5.74, 6) is 0. The molecule has 0 unspecified atom stereocenters. The molecule has 5 nitrogen and oxygen atoms in total. The Hall–Kier alpha value is -0.950. The Morgan fingerprint density at radius 2 is 2.00 bits per heavy atom. The SMILES string of the molecule is Cc1cc(CN)ccc1S(=O)(=O)N(C)CCOC(C)C. The largest absolute Gasteiger partial charge is 0.377 e. The second-order valence-corrected chi connectivity index (χ2v) is 7.06. The number of hydrogen-bond acceptors (Lipinski definition) is 4. The molecular formula is C14H24N2O3S. The molecule has 2 N–H and O–H groups in total. The van der Waals surface area contributed by atoms with Gasteiger partial charge in [0, 0.05) is 20.1 Å². The lowest BCUT2D eigenvalue weighted by atomic mass is 10.1. The Morgan fingerprint density at radius 1 is 1.35 bits per heavy atom. The van der Waals surface area contributed by atoms with Crippen LogP contribution < -0.4 is 5.73 Å². The number of rotatable bonds is 7. The van der Waals surface area contributed by atoms with Gasteiger partial charge in [0.05, 0.1) is 17.6 Å². The number of benzene rings is 1. The quantitative estimate of drug-likeness (QED) is 0.828. The van der Waals surface area contributed by atoms with E-state index in [1.165, 1.54) is 4.31 Å². The molecule has 20 heavy (non-hydrogen) atoms. The molecule has 0 saturated heterocycles. The van der Waals surface area contributed by atoms with E-state index in [-0.39, 0.29) is 6.10 Å². The molecule has 0 bridgehead atoms. The first kappa shape index (κ1) is 17.1. The van der Waals surface area contributed by atoms with Crippen LogP contribution in [0.2, 0.25) is 0 Å². The highest BCUT2D eigenvalue weighted by Crippen LogP contribution is 2.20. The zero-order valence-electron chi connectivity index (χ0n) is 12.6. The maximum atomic E-state index is 12.5. The second-order valence-electron chi connectivity index (χ2n) is 5.05. The Bertz CT molecular complexity index is 541. The predicted molar refractivity (Wildman–Crippen MR) is 80.0 cm³/mol. The summed E-state index contributed by atoms with van der Waals surface area (Å²) in [4.78, 5) is 0.321. The van der Waals surface area contributed by atoms with Crippen molar-refractivity contribution in [1.82, 2.24) is 4.31 Å². The fourth-order valence-electron chi connectivity index (χ4n) is 1.83. The molecule has 0 atom stereocenters. The summed E-state index contributed by atoms with van der Waals surface area (Å²) < 4.78 is 31.6. The molecule has 1 aromatic rings. The molecule has 1 aromatic carbocycles. The summed E-state index contributed by atoms with van der Waals surface area (Å²) in [6.45, 7) is 6.74. The zero-order chi connectivity index (χ0) is 15.3. The van der Waals surface area contributed by atoms with Crippen molar-refractivity contribution in [1.29, 1.82) is 0 Å². The van der Waals surface area contributed by atoms with Crippen LogP contribution in [-0.2, 0) is 21.3 Å². The van der Waals surface area contributed by atoms with E-state index in [0.717, 1.165) is 5.56 Å². The van der Waals surface area contributed by atoms with Crippen molar-refractivity contribution >= 4 is 10.0 Å². The lowest BCUT2D eigenvalue weighted by Gasteiger charge is -2.19. The lowest BCUT2D eigenvalue weighted by molar-refractivity contribution is 0.0737. The fraction of sp³-hybridized carbons (Fsp3) is 0.571. The number of likely N-dealkylation sites (N-methyl/N-ethyl adjacent to an activating group) is 1. The first-order valence-corrected chi connectivity index (χ1v) is 8.10. The van der Waals surface area contributed by atoms with Crippen molar-refractivity contribution in [2.45, 2.75) is 38.3 Å². The molecule has 0 aliphatic rings. The van der Waals surface area contributed by atoms with E-state index >= 15 is 0 Å². The van der Waals surface area contributed by atoms with Gasteiger partial charge in [-0.25, -0.2) is 8.42 Å². The van der Waals surface area contributed by atoms with Crippen molar-refractivity contribution in [2.24, 2.45) is 5.73 Å². The van der Waals surface area contributed by atoms with Crippen molar-refractivity contribution in [2.75, 3.05) is 20.2 Å². The van der Waals surface area contributed by atoms with Crippen LogP contribution in [0.25, 0.3) is 0 Å². The molecule has 0 saturated carbocycles. The van der Waals surface area contributed by atoms with Crippen molar-refractivity contribution in [3.8, 4) is 0 Å². The average molecular weight is 300 g/mol. The number of aryl methyl sites for hydroxylation is 1. The molecule has 1 rings (SSSR count). The topological polar surface area (TPSA) is 72.6 Å². The Morgan fingerprint density at radius 3 is 2.50 bits per heavy atom. The minimum Gasteiger partial charge on any atom is -0.377 e. The highest BCUT2D eigenvalue weighted by Gasteiger charge is 2.22. The van der Waals surface area contributed by atoms with E-state index in [1.54, 1.807) is 26.1 Å². The van der Waals surface area contributed by atoms with Gasteiger partial charge in [0.25, 0.3) is 0 Å². The van der Waals surface area contributed by atoms with Gasteiger partial charge in [-0.05, 0) is 38.0 Å². The lowest BCUT2D eigenvalue weighted by Crippen LogP contribution is -2.31. The third kappa shape index (κ3) is 4.28. The highest BCUT2D eigenvalue weighted by atomic mass is 32.2. The van der Waals surface area contributed by atoms with Crippen molar-refractivity contribution < 1.29 is 13.2 Å². The van der Waals surface area contributed by atoms with Crippen LogP contribution in [0.1, 0.15) is 25.0 Å². The van der Waals surface area contributed by atoms with E-state index in [9.17, 15) is 8.42 Å². The number of sulfonamides is 1. The molecule has 0 aliphatic heterocycles. The minimum atomic E-state index is -3.48. The van der Waals surface area contributed by atoms with Gasteiger partial charge < -0.3 is 10.5 Å². The van der Waals surface area contributed by atoms with Gasteiger partial charge in [-0.15, -0.1) is 0 Å². The predicted octanol–water partition coefficient (Wildman–Crippen LogP) is 1.50. The highest BCUT2D eigenvalue weighted by molar-refractivity contribution is 7.89. The first-order valence-electron chi connectivity index (χ1n) is 6.66. The van der Waals surface area contributed by atoms with E-state index in [4.69, 9.17) is 10.5 Å². The number of nitrogens with two attached hydrogens (primary N) is 1. The standard InChI is InChI=1S/C14H24N2O3S/c1-11(2)19-8-7-16(4)20(17,18)14-6-5-13(10-15)9-12(14)3/h5-6,9,11H,7-8,10,15H2,1-4H3. The van der Waals surface area contributed by atoms with Crippen LogP contribution in [0.5, 0.6) is 0 Å². The van der Waals surface area contributed by atoms with Gasteiger partial charge in [-0.1, -0.05) is 12.1 Å². The summed E-state index contributed by atoms with van der Waals surface area (Å²) in [5.41, 5.74) is 7.19. The van der Waals surface area contributed by atoms with Crippen LogP contribution >= 0.6 is 0 Å². The van der Waals surface area contributed by atoms with Gasteiger partial charge >= 0.3 is 0 Å².